The van der Waals surface area contributed by atoms with Gasteiger partial charge in [0.25, 0.3) is 0 Å². The molecule has 1 unspecified atom stereocenters. The number of aliphatic hydroxyl groups is 1. The molecule has 0 amide bonds. The third kappa shape index (κ3) is 2.03. The second-order valence-electron chi connectivity index (χ2n) is 1.83. The molecule has 0 aromatic heterocycles. The van der Waals surface area contributed by atoms with Gasteiger partial charge in [0.1, 0.15) is 6.10 Å². The summed E-state index contributed by atoms with van der Waals surface area (Å²) in [4.78, 5) is 0. The van der Waals surface area contributed by atoms with Crippen molar-refractivity contribution >= 4 is 0 Å². The van der Waals surface area contributed by atoms with E-state index in [1.807, 2.05) is 0 Å². The fourth-order valence-electron chi connectivity index (χ4n) is 0.713. The Hall–Kier alpha value is -0.540. The highest BCUT2D eigenvalue weighted by Gasteiger charge is 2.09. The zero-order chi connectivity index (χ0) is 6.53. The summed E-state index contributed by atoms with van der Waals surface area (Å²) in [5, 5.41) is 8.30. The molecule has 9 heavy (non-hydrogen) atoms. The normalized spacial score (nSPS) is 29.1. The van der Waals surface area contributed by atoms with Crippen LogP contribution in [-0.2, 0) is 9.47 Å². The number of aliphatic hydroxyl groups excluding tert-OH is 1. The molecule has 1 aliphatic rings. The highest BCUT2D eigenvalue weighted by Crippen LogP contribution is 2.00. The third-order valence-corrected chi connectivity index (χ3v) is 1.14. The Bertz CT molecular complexity index is 94.5. The van der Waals surface area contributed by atoms with E-state index in [0.717, 1.165) is 6.26 Å². The van der Waals surface area contributed by atoms with Crippen molar-refractivity contribution in [2.75, 3.05) is 19.8 Å². The highest BCUT2D eigenvalue weighted by atomic mass is 16.6. The van der Waals surface area contributed by atoms with Crippen molar-refractivity contribution in [2.45, 2.75) is 6.10 Å². The van der Waals surface area contributed by atoms with Gasteiger partial charge in [-0.3, -0.25) is 0 Å². The van der Waals surface area contributed by atoms with E-state index < -0.39 is 0 Å². The lowest BCUT2D eigenvalue weighted by atomic mass is 10.3. The van der Waals surface area contributed by atoms with Crippen molar-refractivity contribution in [1.82, 2.24) is 0 Å². The van der Waals surface area contributed by atoms with Gasteiger partial charge in [0.05, 0.1) is 26.1 Å². The molecular weight excluding hydrogens is 120 g/mol. The van der Waals surface area contributed by atoms with Gasteiger partial charge < -0.3 is 14.6 Å². The van der Waals surface area contributed by atoms with Gasteiger partial charge >= 0.3 is 0 Å². The van der Waals surface area contributed by atoms with Crippen LogP contribution in [0.15, 0.2) is 12.3 Å². The molecule has 1 fully saturated rings. The molecule has 3 heteroatoms. The van der Waals surface area contributed by atoms with Crippen LogP contribution in [0.25, 0.3) is 0 Å². The van der Waals surface area contributed by atoms with E-state index in [1.54, 1.807) is 6.08 Å². The standard InChI is InChI=1S/C6H10O3/c7-2-1-6-5-8-3-4-9-6/h1-2,6-7H,3-5H2. The Kier molecular flexibility index (Phi) is 2.54. The van der Waals surface area contributed by atoms with E-state index in [4.69, 9.17) is 14.6 Å². The smallest absolute Gasteiger partial charge is 0.102 e. The molecule has 0 aromatic carbocycles. The minimum Gasteiger partial charge on any atom is -0.516 e. The van der Waals surface area contributed by atoms with Crippen LogP contribution in [0.5, 0.6) is 0 Å². The number of hydrogen-bond acceptors (Lipinski definition) is 3. The maximum atomic E-state index is 8.30. The third-order valence-electron chi connectivity index (χ3n) is 1.14. The number of rotatable bonds is 1. The monoisotopic (exact) mass is 130 g/mol. The predicted molar refractivity (Wildman–Crippen MR) is 32.3 cm³/mol. The van der Waals surface area contributed by atoms with E-state index in [-0.39, 0.29) is 6.10 Å². The molecular formula is C6H10O3. The molecule has 1 N–H and O–H groups in total. The molecule has 1 rings (SSSR count). The molecule has 1 aliphatic heterocycles. The Morgan fingerprint density at radius 1 is 1.44 bits per heavy atom. The van der Waals surface area contributed by atoms with Gasteiger partial charge in [-0.05, 0) is 6.08 Å². The van der Waals surface area contributed by atoms with E-state index >= 15 is 0 Å². The molecule has 0 aliphatic carbocycles. The lowest BCUT2D eigenvalue weighted by Gasteiger charge is -2.19. The Labute approximate surface area is 53.9 Å². The molecule has 1 heterocycles. The maximum Gasteiger partial charge on any atom is 0.102 e. The average molecular weight is 130 g/mol. The van der Waals surface area contributed by atoms with Gasteiger partial charge in [0, 0.05) is 0 Å². The van der Waals surface area contributed by atoms with Crippen molar-refractivity contribution in [2.24, 2.45) is 0 Å². The summed E-state index contributed by atoms with van der Waals surface area (Å²) < 4.78 is 10.2. The van der Waals surface area contributed by atoms with Crippen molar-refractivity contribution in [3.63, 3.8) is 0 Å². The minimum absolute atomic E-state index is 0.0521. The van der Waals surface area contributed by atoms with Crippen molar-refractivity contribution in [1.29, 1.82) is 0 Å². The number of hydrogen-bond donors (Lipinski definition) is 1. The molecule has 52 valence electrons. The summed E-state index contributed by atoms with van der Waals surface area (Å²) in [5.74, 6) is 0. The Morgan fingerprint density at radius 3 is 2.89 bits per heavy atom. The summed E-state index contributed by atoms with van der Waals surface area (Å²) in [5.41, 5.74) is 0. The summed E-state index contributed by atoms with van der Waals surface area (Å²) in [6.45, 7) is 1.84. The van der Waals surface area contributed by atoms with Gasteiger partial charge in [0.15, 0.2) is 0 Å². The first-order valence-electron chi connectivity index (χ1n) is 2.93. The Morgan fingerprint density at radius 2 is 2.33 bits per heavy atom. The van der Waals surface area contributed by atoms with Gasteiger partial charge in [-0.2, -0.15) is 0 Å². The van der Waals surface area contributed by atoms with E-state index in [0.29, 0.717) is 19.8 Å². The summed E-state index contributed by atoms with van der Waals surface area (Å²) in [6.07, 6.45) is 2.50. The second-order valence-corrected chi connectivity index (χ2v) is 1.83. The van der Waals surface area contributed by atoms with Crippen LogP contribution in [0.3, 0.4) is 0 Å². The van der Waals surface area contributed by atoms with Gasteiger partial charge in [0.2, 0.25) is 0 Å². The van der Waals surface area contributed by atoms with Crippen LogP contribution in [-0.4, -0.2) is 31.0 Å². The molecule has 0 spiro atoms. The van der Waals surface area contributed by atoms with Gasteiger partial charge in [-0.15, -0.1) is 0 Å². The van der Waals surface area contributed by atoms with E-state index in [9.17, 15) is 0 Å². The molecule has 0 saturated carbocycles. The van der Waals surface area contributed by atoms with Gasteiger partial charge in [-0.1, -0.05) is 0 Å². The topological polar surface area (TPSA) is 38.7 Å². The fourth-order valence-corrected chi connectivity index (χ4v) is 0.713. The quantitative estimate of drug-likeness (QED) is 0.524. The Balaban J connectivity index is 2.23. The highest BCUT2D eigenvalue weighted by molar-refractivity contribution is 4.84. The lowest BCUT2D eigenvalue weighted by Crippen LogP contribution is -2.26. The minimum atomic E-state index is -0.0521. The molecule has 0 bridgehead atoms. The first-order valence-corrected chi connectivity index (χ1v) is 2.93. The first kappa shape index (κ1) is 6.58. The first-order chi connectivity index (χ1) is 4.43. The van der Waals surface area contributed by atoms with Crippen LogP contribution >= 0.6 is 0 Å². The van der Waals surface area contributed by atoms with E-state index in [2.05, 4.69) is 0 Å². The molecule has 0 aromatic rings. The zero-order valence-electron chi connectivity index (χ0n) is 5.12. The largest absolute Gasteiger partial charge is 0.516 e. The second kappa shape index (κ2) is 3.48. The van der Waals surface area contributed by atoms with Crippen LogP contribution in [0.1, 0.15) is 0 Å². The average Bonchev–Trinajstić information content (AvgIpc) is 1.91. The lowest BCUT2D eigenvalue weighted by molar-refractivity contribution is -0.0680. The number of ether oxygens (including phenoxy) is 2. The van der Waals surface area contributed by atoms with Gasteiger partial charge in [-0.25, -0.2) is 0 Å². The predicted octanol–water partition coefficient (Wildman–Crippen LogP) is 0.473. The van der Waals surface area contributed by atoms with Crippen LogP contribution in [0, 0.1) is 0 Å². The van der Waals surface area contributed by atoms with Crippen LogP contribution in [0.4, 0.5) is 0 Å². The molecule has 1 atom stereocenters. The van der Waals surface area contributed by atoms with Crippen LogP contribution < -0.4 is 0 Å². The van der Waals surface area contributed by atoms with E-state index in [1.165, 1.54) is 0 Å². The molecule has 3 nitrogen and oxygen atoms in total. The summed E-state index contributed by atoms with van der Waals surface area (Å²) in [7, 11) is 0. The maximum absolute atomic E-state index is 8.30. The van der Waals surface area contributed by atoms with Crippen molar-refractivity contribution in [3.8, 4) is 0 Å². The van der Waals surface area contributed by atoms with Crippen LogP contribution in [0.2, 0.25) is 0 Å². The van der Waals surface area contributed by atoms with Crippen molar-refractivity contribution < 1.29 is 14.6 Å². The fraction of sp³-hybridized carbons (Fsp3) is 0.667. The molecule has 0 radical (unpaired) electrons. The van der Waals surface area contributed by atoms with Crippen molar-refractivity contribution in [3.05, 3.63) is 12.3 Å². The molecule has 1 saturated heterocycles. The SMILES string of the molecule is OC=CC1COCCO1. The summed E-state index contributed by atoms with van der Waals surface area (Å²) >= 11 is 0. The summed E-state index contributed by atoms with van der Waals surface area (Å²) in [6, 6.07) is 0. The zero-order valence-corrected chi connectivity index (χ0v) is 5.12.